The number of carbonyl (C=O) groups is 1. The number of hydrogen-bond donors (Lipinski definition) is 1. The molecule has 3 aliphatic rings. The molecule has 3 fully saturated rings. The summed E-state index contributed by atoms with van der Waals surface area (Å²) in [7, 11) is 0. The summed E-state index contributed by atoms with van der Waals surface area (Å²) in [6.07, 6.45) is 15.7. The Morgan fingerprint density at radius 1 is 0.837 bits per heavy atom. The first-order valence-electron chi connectivity index (χ1n) is 16.0. The molecule has 0 atom stereocenters. The average molecular weight is 760 g/mol. The fourth-order valence-electron chi connectivity index (χ4n) is 7.10. The maximum atomic E-state index is 11.8. The van der Waals surface area contributed by atoms with E-state index >= 15 is 0 Å². The molecule has 5 heteroatoms. The summed E-state index contributed by atoms with van der Waals surface area (Å²) in [6.45, 7) is 8.63. The molecule has 0 unspecified atom stereocenters. The van der Waals surface area contributed by atoms with E-state index in [-0.39, 0.29) is 45.2 Å². The van der Waals surface area contributed by atoms with Gasteiger partial charge in [0.2, 0.25) is 0 Å². The van der Waals surface area contributed by atoms with Gasteiger partial charge in [0.15, 0.2) is 5.78 Å². The van der Waals surface area contributed by atoms with Gasteiger partial charge in [-0.3, -0.25) is 14.8 Å². The van der Waals surface area contributed by atoms with Crippen molar-refractivity contribution in [3.63, 3.8) is 0 Å². The molecule has 43 heavy (non-hydrogen) atoms. The molecule has 0 amide bonds. The summed E-state index contributed by atoms with van der Waals surface area (Å²) in [4.78, 5) is 21.6. The van der Waals surface area contributed by atoms with E-state index in [2.05, 4.69) is 64.1 Å². The van der Waals surface area contributed by atoms with E-state index in [0.717, 1.165) is 65.1 Å². The molecular weight excluding hydrogens is 709 g/mol. The van der Waals surface area contributed by atoms with Crippen LogP contribution in [0.2, 0.25) is 0 Å². The molecule has 4 nitrogen and oxygen atoms in total. The smallest absolute Gasteiger partial charge is 0.162 e. The van der Waals surface area contributed by atoms with Gasteiger partial charge in [0, 0.05) is 49.4 Å². The summed E-state index contributed by atoms with van der Waals surface area (Å²) < 4.78 is 0. The van der Waals surface area contributed by atoms with Gasteiger partial charge in [-0.25, -0.2) is 0 Å². The minimum absolute atomic E-state index is 0. The van der Waals surface area contributed by atoms with Crippen molar-refractivity contribution in [2.45, 2.75) is 118 Å². The molecule has 0 bridgehead atoms. The molecule has 0 spiro atoms. The number of aromatic nitrogens is 2. The van der Waals surface area contributed by atoms with Crippen molar-refractivity contribution in [3.8, 4) is 11.3 Å². The Hall–Kier alpha value is -2.36. The van der Waals surface area contributed by atoms with Crippen molar-refractivity contribution in [1.29, 1.82) is 0 Å². The minimum Gasteiger partial charge on any atom is -0.512 e. The second-order valence-electron chi connectivity index (χ2n) is 13.1. The monoisotopic (exact) mass is 760 g/mol. The third-order valence-corrected chi connectivity index (χ3v) is 9.57. The van der Waals surface area contributed by atoms with E-state index in [0.29, 0.717) is 11.7 Å². The molecular formula is C38H51IrN2O2-. The molecule has 2 aromatic carbocycles. The van der Waals surface area contributed by atoms with Crippen LogP contribution in [0.1, 0.15) is 120 Å². The van der Waals surface area contributed by atoms with Gasteiger partial charge in [0.1, 0.15) is 0 Å². The Bertz CT molecular complexity index is 1370. The second-order valence-corrected chi connectivity index (χ2v) is 13.1. The van der Waals surface area contributed by atoms with Gasteiger partial charge in [-0.1, -0.05) is 72.8 Å². The molecule has 3 aromatic rings. The van der Waals surface area contributed by atoms with E-state index in [4.69, 9.17) is 9.97 Å². The Labute approximate surface area is 273 Å². The van der Waals surface area contributed by atoms with Gasteiger partial charge in [-0.2, -0.15) is 0 Å². The number of hydrogen-bond acceptors (Lipinski definition) is 4. The Kier molecular flexibility index (Phi) is 13.1. The van der Waals surface area contributed by atoms with E-state index in [9.17, 15) is 9.90 Å². The zero-order chi connectivity index (χ0) is 28.9. The molecule has 1 radical (unpaired) electrons. The summed E-state index contributed by atoms with van der Waals surface area (Å²) in [6, 6.07) is 14.4. The van der Waals surface area contributed by atoms with Crippen molar-refractivity contribution in [3.05, 3.63) is 70.6 Å². The van der Waals surface area contributed by atoms with Crippen molar-refractivity contribution >= 4 is 16.8 Å². The first kappa shape index (κ1) is 35.1. The number of ketones is 1. The van der Waals surface area contributed by atoms with Crippen LogP contribution in [-0.2, 0) is 24.9 Å². The van der Waals surface area contributed by atoms with Crippen LogP contribution < -0.4 is 0 Å². The Balaban J connectivity index is 0.000000256. The third-order valence-electron chi connectivity index (χ3n) is 9.57. The van der Waals surface area contributed by atoms with Crippen LogP contribution in [0.3, 0.4) is 0 Å². The van der Waals surface area contributed by atoms with Crippen LogP contribution in [0, 0.1) is 44.6 Å². The van der Waals surface area contributed by atoms with Crippen LogP contribution in [0.15, 0.2) is 42.2 Å². The van der Waals surface area contributed by atoms with E-state index in [1.165, 1.54) is 68.6 Å². The number of benzene rings is 2. The van der Waals surface area contributed by atoms with E-state index < -0.39 is 0 Å². The van der Waals surface area contributed by atoms with Crippen LogP contribution in [0.25, 0.3) is 22.3 Å². The topological polar surface area (TPSA) is 63.1 Å². The van der Waals surface area contributed by atoms with Gasteiger partial charge in [0.05, 0.1) is 16.8 Å². The molecule has 6 rings (SSSR count). The van der Waals surface area contributed by atoms with Crippen LogP contribution in [0.5, 0.6) is 0 Å². The normalized spacial score (nSPS) is 21.1. The number of nitrogens with zero attached hydrogens (tertiary/aromatic N) is 2. The zero-order valence-electron chi connectivity index (χ0n) is 25.8. The second kappa shape index (κ2) is 16.1. The van der Waals surface area contributed by atoms with Gasteiger partial charge in [0.25, 0.3) is 0 Å². The predicted molar refractivity (Wildman–Crippen MR) is 175 cm³/mol. The number of carbonyl (C=O) groups excluding carboxylic acids is 1. The van der Waals surface area contributed by atoms with Gasteiger partial charge in [-0.05, 0) is 75.0 Å². The SMILES string of the molecule is C.Cc1[c-]c(-c2nc3ccc(C4CCC(C)CC4)cc3nc2C)cc(C)c1.O=C(C=C(O)C1CCCC1)C1CCCC1.[Ir]. The molecule has 0 saturated heterocycles. The van der Waals surface area contributed by atoms with Crippen LogP contribution in [-0.4, -0.2) is 20.9 Å². The predicted octanol–water partition coefficient (Wildman–Crippen LogP) is 10.3. The number of aryl methyl sites for hydroxylation is 3. The largest absolute Gasteiger partial charge is 0.512 e. The summed E-state index contributed by atoms with van der Waals surface area (Å²) in [5.74, 6) is 2.56. The van der Waals surface area contributed by atoms with Crippen molar-refractivity contribution in [2.24, 2.45) is 17.8 Å². The number of aliphatic hydroxyl groups is 1. The van der Waals surface area contributed by atoms with Crippen molar-refractivity contribution < 1.29 is 30.0 Å². The van der Waals surface area contributed by atoms with Crippen LogP contribution >= 0.6 is 0 Å². The quantitative estimate of drug-likeness (QED) is 0.160. The number of fused-ring (bicyclic) bond motifs is 1. The zero-order valence-corrected chi connectivity index (χ0v) is 28.2. The Morgan fingerprint density at radius 3 is 2.09 bits per heavy atom. The summed E-state index contributed by atoms with van der Waals surface area (Å²) in [5, 5.41) is 9.82. The standard InChI is InChI=1S/C24H27N2.C13H20O2.CH4.Ir/c1-15-5-7-19(8-6-15)20-9-10-22-23(14-20)25-18(4)24(26-22)21-12-16(2)11-17(3)13-21;14-12(10-5-1-2-6-10)9-13(15)11-7-3-4-8-11;;/h9-12,14-15,19H,5-8H2,1-4H3;9-11,14H,1-8H2;1H4;/q-1;;;. The maximum Gasteiger partial charge on any atom is 0.162 e. The molecule has 235 valence electrons. The molecule has 1 N–H and O–H groups in total. The van der Waals surface area contributed by atoms with Gasteiger partial charge in [-0.15, -0.1) is 34.9 Å². The van der Waals surface area contributed by atoms with E-state index in [1.54, 1.807) is 0 Å². The molecule has 1 heterocycles. The first-order chi connectivity index (χ1) is 19.8. The number of rotatable bonds is 5. The summed E-state index contributed by atoms with van der Waals surface area (Å²) in [5.41, 5.74) is 8.78. The molecule has 3 aliphatic carbocycles. The van der Waals surface area contributed by atoms with Crippen molar-refractivity contribution in [1.82, 2.24) is 9.97 Å². The van der Waals surface area contributed by atoms with Crippen LogP contribution in [0.4, 0.5) is 0 Å². The molecule has 1 aromatic heterocycles. The van der Waals surface area contributed by atoms with Gasteiger partial charge < -0.3 is 5.11 Å². The maximum absolute atomic E-state index is 11.8. The fraction of sp³-hybridized carbons (Fsp3) is 0.553. The van der Waals surface area contributed by atoms with E-state index in [1.807, 2.05) is 0 Å². The minimum atomic E-state index is 0. The summed E-state index contributed by atoms with van der Waals surface area (Å²) >= 11 is 0. The third kappa shape index (κ3) is 9.08. The molecule has 0 aliphatic heterocycles. The van der Waals surface area contributed by atoms with Crippen molar-refractivity contribution in [2.75, 3.05) is 0 Å². The van der Waals surface area contributed by atoms with Gasteiger partial charge >= 0.3 is 0 Å². The average Bonchev–Trinajstić information content (AvgIpc) is 3.68. The fourth-order valence-corrected chi connectivity index (χ4v) is 7.10. The Morgan fingerprint density at radius 2 is 1.47 bits per heavy atom. The number of allylic oxidation sites excluding steroid dienone is 2. The number of aliphatic hydroxyl groups excluding tert-OH is 1. The first-order valence-corrected chi connectivity index (χ1v) is 16.0. The molecule has 3 saturated carbocycles.